The standard InChI is InChI=1S/C19H25NO3S/c1-3-14-8-15(17(21)23-4-2)16(24-14)20-18(22)19-9-11-5-12(10-19)7-13(19)6-11/h8,11-13H,3-7,9-10H2,1-2H3,(H,20,22). The first kappa shape index (κ1) is 16.1. The van der Waals surface area contributed by atoms with Crippen LogP contribution in [0.15, 0.2) is 6.07 Å². The molecule has 1 aromatic heterocycles. The summed E-state index contributed by atoms with van der Waals surface area (Å²) in [6, 6.07) is 1.87. The van der Waals surface area contributed by atoms with Gasteiger partial charge in [-0.25, -0.2) is 4.79 Å². The summed E-state index contributed by atoms with van der Waals surface area (Å²) in [6.45, 7) is 4.21. The summed E-state index contributed by atoms with van der Waals surface area (Å²) in [5, 5.41) is 3.81. The molecule has 1 aromatic rings. The number of amides is 1. The molecule has 4 fully saturated rings. The minimum Gasteiger partial charge on any atom is -0.462 e. The number of hydrogen-bond donors (Lipinski definition) is 1. The van der Waals surface area contributed by atoms with Crippen molar-refractivity contribution in [3.05, 3.63) is 16.5 Å². The molecule has 2 atom stereocenters. The van der Waals surface area contributed by atoms with Gasteiger partial charge in [-0.05, 0) is 69.3 Å². The van der Waals surface area contributed by atoms with Gasteiger partial charge < -0.3 is 10.1 Å². The first-order valence-corrected chi connectivity index (χ1v) is 9.98. The molecule has 4 aliphatic rings. The molecule has 1 N–H and O–H groups in total. The summed E-state index contributed by atoms with van der Waals surface area (Å²) in [4.78, 5) is 26.5. The topological polar surface area (TPSA) is 55.4 Å². The van der Waals surface area contributed by atoms with Gasteiger partial charge in [0.15, 0.2) is 0 Å². The molecule has 0 saturated heterocycles. The molecule has 0 radical (unpaired) electrons. The van der Waals surface area contributed by atoms with Crippen LogP contribution in [-0.2, 0) is 16.0 Å². The van der Waals surface area contributed by atoms with E-state index in [1.165, 1.54) is 30.6 Å². The highest BCUT2D eigenvalue weighted by Crippen LogP contribution is 2.65. The second kappa shape index (κ2) is 5.87. The number of rotatable bonds is 5. The third-order valence-corrected chi connectivity index (χ3v) is 7.49. The normalized spacial score (nSPS) is 33.0. The zero-order valence-corrected chi connectivity index (χ0v) is 15.2. The van der Waals surface area contributed by atoms with Crippen LogP contribution in [0, 0.1) is 23.2 Å². The number of esters is 1. The van der Waals surface area contributed by atoms with Crippen LogP contribution in [0.3, 0.4) is 0 Å². The lowest BCUT2D eigenvalue weighted by Crippen LogP contribution is -2.37. The molecule has 2 unspecified atom stereocenters. The molecule has 0 aliphatic heterocycles. The van der Waals surface area contributed by atoms with Gasteiger partial charge in [-0.2, -0.15) is 0 Å². The van der Waals surface area contributed by atoms with E-state index < -0.39 is 0 Å². The van der Waals surface area contributed by atoms with Crippen molar-refractivity contribution >= 4 is 28.2 Å². The van der Waals surface area contributed by atoms with Crippen molar-refractivity contribution in [3.63, 3.8) is 0 Å². The van der Waals surface area contributed by atoms with Crippen LogP contribution in [0.1, 0.15) is 61.2 Å². The van der Waals surface area contributed by atoms with Crippen LogP contribution < -0.4 is 5.32 Å². The van der Waals surface area contributed by atoms with Crippen molar-refractivity contribution < 1.29 is 14.3 Å². The van der Waals surface area contributed by atoms with Gasteiger partial charge in [0.1, 0.15) is 5.00 Å². The predicted octanol–water partition coefficient (Wildman–Crippen LogP) is 4.25. The number of nitrogens with one attached hydrogen (secondary N) is 1. The summed E-state index contributed by atoms with van der Waals surface area (Å²) < 4.78 is 5.16. The van der Waals surface area contributed by atoms with E-state index in [-0.39, 0.29) is 17.3 Å². The van der Waals surface area contributed by atoms with Crippen molar-refractivity contribution in [2.24, 2.45) is 23.2 Å². The summed E-state index contributed by atoms with van der Waals surface area (Å²) in [5.74, 6) is 1.85. The second-order valence-electron chi connectivity index (χ2n) is 7.68. The van der Waals surface area contributed by atoms with E-state index in [0.29, 0.717) is 23.1 Å². The Morgan fingerprint density at radius 2 is 1.96 bits per heavy atom. The van der Waals surface area contributed by atoms with Gasteiger partial charge in [-0.3, -0.25) is 4.79 Å². The third kappa shape index (κ3) is 2.40. The van der Waals surface area contributed by atoms with Crippen LogP contribution in [0.2, 0.25) is 0 Å². The summed E-state index contributed by atoms with van der Waals surface area (Å²) in [7, 11) is 0. The maximum atomic E-state index is 13.2. The molecule has 5 rings (SSSR count). The Labute approximate surface area is 147 Å². The molecule has 0 aromatic carbocycles. The van der Waals surface area contributed by atoms with Gasteiger partial charge >= 0.3 is 5.97 Å². The fourth-order valence-electron chi connectivity index (χ4n) is 5.46. The number of carbonyl (C=O) groups is 2. The number of ether oxygens (including phenoxy) is 1. The maximum Gasteiger partial charge on any atom is 0.341 e. The van der Waals surface area contributed by atoms with Crippen LogP contribution in [0.25, 0.3) is 0 Å². The van der Waals surface area contributed by atoms with Crippen LogP contribution in [0.5, 0.6) is 0 Å². The molecule has 1 amide bonds. The molecule has 24 heavy (non-hydrogen) atoms. The Morgan fingerprint density at radius 3 is 2.58 bits per heavy atom. The van der Waals surface area contributed by atoms with Crippen molar-refractivity contribution in [2.75, 3.05) is 11.9 Å². The smallest absolute Gasteiger partial charge is 0.341 e. The number of hydrogen-bond acceptors (Lipinski definition) is 4. The molecule has 130 valence electrons. The average Bonchev–Trinajstić information content (AvgIpc) is 3.15. The van der Waals surface area contributed by atoms with Crippen LogP contribution in [-0.4, -0.2) is 18.5 Å². The lowest BCUT2D eigenvalue weighted by molar-refractivity contribution is -0.127. The first-order chi connectivity index (χ1) is 11.6. The Hall–Kier alpha value is -1.36. The van der Waals surface area contributed by atoms with Crippen molar-refractivity contribution in [1.29, 1.82) is 0 Å². The van der Waals surface area contributed by atoms with Crippen molar-refractivity contribution in [1.82, 2.24) is 0 Å². The van der Waals surface area contributed by atoms with E-state index in [0.717, 1.165) is 36.0 Å². The molecule has 1 heterocycles. The van der Waals surface area contributed by atoms with E-state index in [1.807, 2.05) is 6.07 Å². The molecular formula is C19H25NO3S. The van der Waals surface area contributed by atoms with E-state index in [1.54, 1.807) is 6.92 Å². The average molecular weight is 347 g/mol. The predicted molar refractivity (Wildman–Crippen MR) is 94.3 cm³/mol. The Balaban J connectivity index is 1.58. The van der Waals surface area contributed by atoms with Gasteiger partial charge in [-0.1, -0.05) is 6.92 Å². The molecule has 0 spiro atoms. The Kier molecular flexibility index (Phi) is 3.94. The monoisotopic (exact) mass is 347 g/mol. The zero-order valence-electron chi connectivity index (χ0n) is 14.4. The summed E-state index contributed by atoms with van der Waals surface area (Å²) in [5.41, 5.74) is 0.344. The van der Waals surface area contributed by atoms with Crippen LogP contribution in [0.4, 0.5) is 5.00 Å². The van der Waals surface area contributed by atoms with Gasteiger partial charge in [0.05, 0.1) is 17.6 Å². The van der Waals surface area contributed by atoms with E-state index in [4.69, 9.17) is 4.74 Å². The third-order valence-electron chi connectivity index (χ3n) is 6.30. The van der Waals surface area contributed by atoms with E-state index in [2.05, 4.69) is 12.2 Å². The molecule has 4 aliphatic carbocycles. The molecule has 4 bridgehead atoms. The van der Waals surface area contributed by atoms with Gasteiger partial charge in [0.2, 0.25) is 5.91 Å². The quantitative estimate of drug-likeness (QED) is 0.810. The van der Waals surface area contributed by atoms with E-state index in [9.17, 15) is 9.59 Å². The fourth-order valence-corrected chi connectivity index (χ4v) is 6.44. The van der Waals surface area contributed by atoms with Gasteiger partial charge in [0, 0.05) is 4.88 Å². The number of thiophene rings is 1. The Morgan fingerprint density at radius 1 is 1.25 bits per heavy atom. The SMILES string of the molecule is CCOC(=O)c1cc(CC)sc1NC(=O)C12CC3CC(CC1C3)C2. The molecular weight excluding hydrogens is 322 g/mol. The molecule has 4 nitrogen and oxygen atoms in total. The summed E-state index contributed by atoms with van der Waals surface area (Å²) >= 11 is 1.51. The number of anilines is 1. The van der Waals surface area contributed by atoms with Crippen LogP contribution >= 0.6 is 11.3 Å². The summed E-state index contributed by atoms with van der Waals surface area (Å²) in [6.07, 6.45) is 6.70. The first-order valence-electron chi connectivity index (χ1n) is 9.17. The minimum atomic E-state index is -0.335. The minimum absolute atomic E-state index is 0.146. The highest BCUT2D eigenvalue weighted by atomic mass is 32.1. The van der Waals surface area contributed by atoms with Crippen molar-refractivity contribution in [3.8, 4) is 0 Å². The largest absolute Gasteiger partial charge is 0.462 e. The van der Waals surface area contributed by atoms with Gasteiger partial charge in [0.25, 0.3) is 0 Å². The maximum absolute atomic E-state index is 13.2. The number of carbonyl (C=O) groups excluding carboxylic acids is 2. The zero-order chi connectivity index (χ0) is 16.9. The van der Waals surface area contributed by atoms with E-state index >= 15 is 0 Å². The number of aryl methyl sites for hydroxylation is 1. The molecule has 5 heteroatoms. The highest BCUT2D eigenvalue weighted by molar-refractivity contribution is 7.16. The second-order valence-corrected chi connectivity index (χ2v) is 8.82. The Bertz CT molecular complexity index is 666. The fraction of sp³-hybridized carbons (Fsp3) is 0.684. The highest BCUT2D eigenvalue weighted by Gasteiger charge is 2.61. The lowest BCUT2D eigenvalue weighted by Gasteiger charge is -2.31. The van der Waals surface area contributed by atoms with Gasteiger partial charge in [-0.15, -0.1) is 11.3 Å². The lowest BCUT2D eigenvalue weighted by atomic mass is 9.75. The van der Waals surface area contributed by atoms with Crippen molar-refractivity contribution in [2.45, 2.75) is 52.4 Å². The molecule has 4 saturated carbocycles.